The summed E-state index contributed by atoms with van der Waals surface area (Å²) in [5, 5.41) is 0. The maximum absolute atomic E-state index is 5.90. The van der Waals surface area contributed by atoms with Crippen LogP contribution in [0.2, 0.25) is 0 Å². The molecule has 1 saturated carbocycles. The molecule has 0 amide bonds. The second-order valence-corrected chi connectivity index (χ2v) is 4.96. The molecule has 0 heterocycles. The lowest BCUT2D eigenvalue weighted by molar-refractivity contribution is 0.121. The van der Waals surface area contributed by atoms with Crippen LogP contribution in [0.5, 0.6) is 0 Å². The number of nitrogens with zero attached hydrogens (tertiary/aromatic N) is 1. The third-order valence-electron chi connectivity index (χ3n) is 3.77. The molecule has 0 aromatic carbocycles. The van der Waals surface area contributed by atoms with Gasteiger partial charge in [0.25, 0.3) is 0 Å². The molecule has 1 atom stereocenters. The van der Waals surface area contributed by atoms with Crippen LogP contribution in [0.4, 0.5) is 0 Å². The van der Waals surface area contributed by atoms with Gasteiger partial charge in [-0.15, -0.1) is 0 Å². The largest absolute Gasteiger partial charge is 0.329 e. The molecule has 1 aliphatic rings. The first-order valence-electron chi connectivity index (χ1n) is 6.08. The minimum Gasteiger partial charge on any atom is -0.329 e. The summed E-state index contributed by atoms with van der Waals surface area (Å²) in [5.41, 5.74) is 5.90. The van der Waals surface area contributed by atoms with Crippen molar-refractivity contribution >= 4 is 0 Å². The van der Waals surface area contributed by atoms with Crippen molar-refractivity contribution in [2.24, 2.45) is 11.7 Å². The van der Waals surface area contributed by atoms with Gasteiger partial charge in [-0.2, -0.15) is 0 Å². The summed E-state index contributed by atoms with van der Waals surface area (Å²) in [7, 11) is 2.22. The minimum atomic E-state index is 0.607. The van der Waals surface area contributed by atoms with E-state index in [9.17, 15) is 0 Å². The Morgan fingerprint density at radius 1 is 1.21 bits per heavy atom. The number of hydrogen-bond donors (Lipinski definition) is 1. The molecule has 1 aliphatic carbocycles. The maximum Gasteiger partial charge on any atom is 0.0246 e. The highest BCUT2D eigenvalue weighted by Crippen LogP contribution is 2.28. The molecule has 0 aromatic rings. The van der Waals surface area contributed by atoms with E-state index in [1.807, 2.05) is 0 Å². The van der Waals surface area contributed by atoms with Crippen LogP contribution in [0.15, 0.2) is 0 Å². The van der Waals surface area contributed by atoms with E-state index in [0.29, 0.717) is 12.1 Å². The fraction of sp³-hybridized carbons (Fsp3) is 1.00. The van der Waals surface area contributed by atoms with Crippen LogP contribution in [-0.2, 0) is 0 Å². The van der Waals surface area contributed by atoms with Crippen molar-refractivity contribution in [3.8, 4) is 0 Å². The van der Waals surface area contributed by atoms with E-state index < -0.39 is 0 Å². The van der Waals surface area contributed by atoms with Crippen molar-refractivity contribution in [1.29, 1.82) is 0 Å². The Kier molecular flexibility index (Phi) is 4.90. The number of rotatable bonds is 4. The predicted molar refractivity (Wildman–Crippen MR) is 62.3 cm³/mol. The van der Waals surface area contributed by atoms with Gasteiger partial charge >= 0.3 is 0 Å². The zero-order valence-corrected chi connectivity index (χ0v) is 10.00. The molecule has 84 valence electrons. The van der Waals surface area contributed by atoms with E-state index in [-0.39, 0.29) is 0 Å². The lowest BCUT2D eigenvalue weighted by Gasteiger charge is -2.38. The molecule has 2 heteroatoms. The van der Waals surface area contributed by atoms with E-state index in [1.54, 1.807) is 0 Å². The molecule has 1 fully saturated rings. The van der Waals surface area contributed by atoms with Crippen LogP contribution in [0.3, 0.4) is 0 Å². The first-order valence-corrected chi connectivity index (χ1v) is 6.08. The van der Waals surface area contributed by atoms with Gasteiger partial charge in [-0.3, -0.25) is 4.90 Å². The Morgan fingerprint density at radius 3 is 2.21 bits per heavy atom. The van der Waals surface area contributed by atoms with Gasteiger partial charge < -0.3 is 5.73 Å². The van der Waals surface area contributed by atoms with Crippen molar-refractivity contribution in [3.05, 3.63) is 0 Å². The molecule has 0 aliphatic heterocycles. The summed E-state index contributed by atoms with van der Waals surface area (Å²) in [4.78, 5) is 2.45. The minimum absolute atomic E-state index is 0.607. The first-order chi connectivity index (χ1) is 6.66. The molecule has 1 rings (SSSR count). The van der Waals surface area contributed by atoms with Crippen LogP contribution in [0, 0.1) is 5.92 Å². The van der Waals surface area contributed by atoms with Crippen molar-refractivity contribution in [3.63, 3.8) is 0 Å². The SMILES string of the molecule is CC(C)N(C)C(CN)C1CCCCC1. The summed E-state index contributed by atoms with van der Waals surface area (Å²) in [6.07, 6.45) is 7.03. The second-order valence-electron chi connectivity index (χ2n) is 4.96. The standard InChI is InChI=1S/C12H26N2/c1-10(2)14(3)12(9-13)11-7-5-4-6-8-11/h10-12H,4-9,13H2,1-3H3. The maximum atomic E-state index is 5.90. The Bertz CT molecular complexity index is 150. The van der Waals surface area contributed by atoms with Crippen LogP contribution >= 0.6 is 0 Å². The zero-order chi connectivity index (χ0) is 10.6. The fourth-order valence-corrected chi connectivity index (χ4v) is 2.59. The van der Waals surface area contributed by atoms with Gasteiger partial charge in [-0.25, -0.2) is 0 Å². The van der Waals surface area contributed by atoms with Crippen molar-refractivity contribution in [2.45, 2.75) is 58.0 Å². The van der Waals surface area contributed by atoms with Crippen molar-refractivity contribution < 1.29 is 0 Å². The van der Waals surface area contributed by atoms with Crippen LogP contribution in [-0.4, -0.2) is 30.6 Å². The molecule has 14 heavy (non-hydrogen) atoms. The third kappa shape index (κ3) is 2.96. The van der Waals surface area contributed by atoms with E-state index in [2.05, 4.69) is 25.8 Å². The van der Waals surface area contributed by atoms with Crippen LogP contribution < -0.4 is 5.73 Å². The van der Waals surface area contributed by atoms with Gasteiger partial charge in [0.1, 0.15) is 0 Å². The summed E-state index contributed by atoms with van der Waals surface area (Å²) in [5.74, 6) is 0.848. The molecule has 1 unspecified atom stereocenters. The molecular weight excluding hydrogens is 172 g/mol. The number of likely N-dealkylation sites (N-methyl/N-ethyl adjacent to an activating group) is 1. The number of hydrogen-bond acceptors (Lipinski definition) is 2. The van der Waals surface area contributed by atoms with Crippen LogP contribution in [0.1, 0.15) is 46.0 Å². The Morgan fingerprint density at radius 2 is 1.79 bits per heavy atom. The quantitative estimate of drug-likeness (QED) is 0.750. The molecule has 2 nitrogen and oxygen atoms in total. The highest BCUT2D eigenvalue weighted by atomic mass is 15.2. The lowest BCUT2D eigenvalue weighted by atomic mass is 9.83. The monoisotopic (exact) mass is 198 g/mol. The molecule has 0 bridgehead atoms. The van der Waals surface area contributed by atoms with Gasteiger partial charge in [-0.1, -0.05) is 19.3 Å². The highest BCUT2D eigenvalue weighted by molar-refractivity contribution is 4.82. The van der Waals surface area contributed by atoms with Gasteiger partial charge in [0.05, 0.1) is 0 Å². The normalized spacial score (nSPS) is 21.9. The Hall–Kier alpha value is -0.0800. The third-order valence-corrected chi connectivity index (χ3v) is 3.77. The average molecular weight is 198 g/mol. The smallest absolute Gasteiger partial charge is 0.0246 e. The highest BCUT2D eigenvalue weighted by Gasteiger charge is 2.26. The molecule has 2 N–H and O–H groups in total. The predicted octanol–water partition coefficient (Wildman–Crippen LogP) is 2.23. The molecule has 0 spiro atoms. The number of nitrogens with two attached hydrogens (primary N) is 1. The summed E-state index contributed by atoms with van der Waals surface area (Å²) in [6, 6.07) is 1.22. The van der Waals surface area contributed by atoms with E-state index in [4.69, 9.17) is 5.73 Å². The second kappa shape index (κ2) is 5.72. The zero-order valence-electron chi connectivity index (χ0n) is 10.00. The van der Waals surface area contributed by atoms with E-state index >= 15 is 0 Å². The summed E-state index contributed by atoms with van der Waals surface area (Å²) < 4.78 is 0. The van der Waals surface area contributed by atoms with E-state index in [0.717, 1.165) is 12.5 Å². The van der Waals surface area contributed by atoms with Gasteiger partial charge in [0.2, 0.25) is 0 Å². The summed E-state index contributed by atoms with van der Waals surface area (Å²) >= 11 is 0. The Balaban J connectivity index is 2.50. The topological polar surface area (TPSA) is 29.3 Å². The summed E-state index contributed by atoms with van der Waals surface area (Å²) in [6.45, 7) is 5.33. The average Bonchev–Trinajstić information content (AvgIpc) is 2.20. The van der Waals surface area contributed by atoms with Crippen LogP contribution in [0.25, 0.3) is 0 Å². The first kappa shape index (κ1) is 12.0. The molecule has 0 saturated heterocycles. The fourth-order valence-electron chi connectivity index (χ4n) is 2.59. The van der Waals surface area contributed by atoms with E-state index in [1.165, 1.54) is 32.1 Å². The molecular formula is C12H26N2. The van der Waals surface area contributed by atoms with Crippen molar-refractivity contribution in [2.75, 3.05) is 13.6 Å². The van der Waals surface area contributed by atoms with Gasteiger partial charge in [-0.05, 0) is 39.7 Å². The van der Waals surface area contributed by atoms with Gasteiger partial charge in [0.15, 0.2) is 0 Å². The Labute approximate surface area is 88.8 Å². The molecule has 0 radical (unpaired) electrons. The molecule has 0 aromatic heterocycles. The van der Waals surface area contributed by atoms with Crippen molar-refractivity contribution in [1.82, 2.24) is 4.90 Å². The lowest BCUT2D eigenvalue weighted by Crippen LogP contribution is -2.47. The van der Waals surface area contributed by atoms with Gasteiger partial charge in [0, 0.05) is 18.6 Å².